The van der Waals surface area contributed by atoms with Crippen LogP contribution in [0.5, 0.6) is 0 Å². The number of aliphatic imine (C=N–C) groups is 1. The normalized spacial score (nSPS) is 11.2. The minimum Gasteiger partial charge on any atom is -0.357 e. The van der Waals surface area contributed by atoms with E-state index in [0.717, 1.165) is 41.9 Å². The Morgan fingerprint density at radius 2 is 1.96 bits per heavy atom. The molecule has 0 spiro atoms. The van der Waals surface area contributed by atoms with E-state index in [0.29, 0.717) is 6.54 Å². The predicted molar refractivity (Wildman–Crippen MR) is 127 cm³/mol. The first-order chi connectivity index (χ1) is 13.2. The van der Waals surface area contributed by atoms with Crippen LogP contribution in [0.1, 0.15) is 28.1 Å². The van der Waals surface area contributed by atoms with Crippen LogP contribution in [0.2, 0.25) is 0 Å². The fraction of sp³-hybridized carbons (Fsp3) is 0.350. The molecule has 0 radical (unpaired) electrons. The molecule has 2 N–H and O–H groups in total. The molecule has 0 bridgehead atoms. The Labute approximate surface area is 187 Å². The zero-order chi connectivity index (χ0) is 19.1. The van der Waals surface area contributed by atoms with Gasteiger partial charge in [-0.15, -0.1) is 35.3 Å². The van der Waals surface area contributed by atoms with E-state index in [1.165, 1.54) is 10.4 Å². The highest BCUT2D eigenvalue weighted by molar-refractivity contribution is 14.0. The minimum absolute atomic E-state index is 0. The molecule has 2 aromatic heterocycles. The lowest BCUT2D eigenvalue weighted by molar-refractivity contribution is 0.798. The van der Waals surface area contributed by atoms with Gasteiger partial charge in [0.25, 0.3) is 0 Å². The summed E-state index contributed by atoms with van der Waals surface area (Å²) < 4.78 is 1.86. The van der Waals surface area contributed by atoms with Crippen molar-refractivity contribution in [2.24, 2.45) is 4.99 Å². The first-order valence-corrected chi connectivity index (χ1v) is 10.0. The van der Waals surface area contributed by atoms with Gasteiger partial charge in [0.2, 0.25) is 0 Å². The summed E-state index contributed by atoms with van der Waals surface area (Å²) in [7, 11) is 0. The van der Waals surface area contributed by atoms with Crippen LogP contribution in [0.4, 0.5) is 0 Å². The summed E-state index contributed by atoms with van der Waals surface area (Å²) in [6.45, 7) is 8.47. The van der Waals surface area contributed by atoms with E-state index in [4.69, 9.17) is 0 Å². The molecule has 0 saturated carbocycles. The lowest BCUT2D eigenvalue weighted by Gasteiger charge is -2.11. The van der Waals surface area contributed by atoms with Crippen molar-refractivity contribution in [1.29, 1.82) is 0 Å². The van der Waals surface area contributed by atoms with Crippen molar-refractivity contribution in [2.75, 3.05) is 13.1 Å². The molecular weight excluding hydrogens is 483 g/mol. The summed E-state index contributed by atoms with van der Waals surface area (Å²) >= 11 is 1.71. The van der Waals surface area contributed by atoms with Crippen LogP contribution in [0.15, 0.2) is 47.7 Å². The Balaban J connectivity index is 0.00000280. The summed E-state index contributed by atoms with van der Waals surface area (Å²) in [5.74, 6) is 0.830. The minimum atomic E-state index is 0. The van der Waals surface area contributed by atoms with E-state index in [1.807, 2.05) is 23.9 Å². The Kier molecular flexibility index (Phi) is 8.91. The van der Waals surface area contributed by atoms with Crippen LogP contribution >= 0.6 is 35.3 Å². The number of guanidine groups is 1. The Morgan fingerprint density at radius 3 is 2.57 bits per heavy atom. The number of nitrogens with one attached hydrogen (secondary N) is 2. The molecule has 0 aliphatic carbocycles. The van der Waals surface area contributed by atoms with Crippen LogP contribution in [-0.4, -0.2) is 33.8 Å². The Hall–Kier alpha value is -1.94. The number of hydrogen-bond acceptors (Lipinski definition) is 4. The maximum Gasteiger partial charge on any atom is 0.191 e. The molecule has 3 rings (SSSR count). The number of nitrogens with zero attached hydrogens (tertiary/aromatic N) is 4. The third-order valence-electron chi connectivity index (χ3n) is 4.20. The molecule has 8 heteroatoms. The molecule has 3 aromatic rings. The second kappa shape index (κ2) is 11.2. The van der Waals surface area contributed by atoms with Crippen molar-refractivity contribution in [3.8, 4) is 5.69 Å². The zero-order valence-corrected chi connectivity index (χ0v) is 19.6. The zero-order valence-electron chi connectivity index (χ0n) is 16.5. The first kappa shape index (κ1) is 22.4. The summed E-state index contributed by atoms with van der Waals surface area (Å²) in [4.78, 5) is 10.5. The summed E-state index contributed by atoms with van der Waals surface area (Å²) in [6.07, 6.45) is 4.66. The highest BCUT2D eigenvalue weighted by atomic mass is 127. The maximum absolute atomic E-state index is 4.65. The predicted octanol–water partition coefficient (Wildman–Crippen LogP) is 3.86. The fourth-order valence-corrected chi connectivity index (χ4v) is 3.52. The lowest BCUT2D eigenvalue weighted by atomic mass is 10.1. The molecule has 150 valence electrons. The molecule has 0 fully saturated rings. The molecule has 0 atom stereocenters. The highest BCUT2D eigenvalue weighted by Gasteiger charge is 2.04. The molecule has 0 aliphatic rings. The fourth-order valence-electron chi connectivity index (χ4n) is 2.66. The molecule has 0 amide bonds. The van der Waals surface area contributed by atoms with E-state index in [2.05, 4.69) is 63.8 Å². The summed E-state index contributed by atoms with van der Waals surface area (Å²) in [6, 6.07) is 10.4. The van der Waals surface area contributed by atoms with Gasteiger partial charge in [0.15, 0.2) is 5.96 Å². The third-order valence-corrected chi connectivity index (χ3v) is 5.26. The largest absolute Gasteiger partial charge is 0.357 e. The van der Waals surface area contributed by atoms with E-state index < -0.39 is 0 Å². The molecule has 2 heterocycles. The first-order valence-electron chi connectivity index (χ1n) is 9.19. The van der Waals surface area contributed by atoms with Gasteiger partial charge in [0.1, 0.15) is 5.01 Å². The van der Waals surface area contributed by atoms with E-state index in [-0.39, 0.29) is 24.0 Å². The van der Waals surface area contributed by atoms with Gasteiger partial charge in [-0.1, -0.05) is 12.1 Å². The van der Waals surface area contributed by atoms with Gasteiger partial charge in [0, 0.05) is 30.4 Å². The molecular formula is C20H27IN6S. The number of rotatable bonds is 7. The summed E-state index contributed by atoms with van der Waals surface area (Å²) in [5, 5.41) is 12.0. The average molecular weight is 510 g/mol. The standard InChI is InChI=1S/C20H26N6S.HI/c1-4-21-20(23-14-19-25-15(2)16(3)27-19)22-12-10-17-6-8-18(9-7-17)26-13-5-11-24-26;/h5-9,11,13H,4,10,12,14H2,1-3H3,(H2,21,22,23);1H. The number of halogens is 1. The number of aryl methyl sites for hydroxylation is 2. The number of hydrogen-bond donors (Lipinski definition) is 2. The molecule has 0 unspecified atom stereocenters. The van der Waals surface area contributed by atoms with Gasteiger partial charge in [-0.25, -0.2) is 14.7 Å². The maximum atomic E-state index is 4.65. The van der Waals surface area contributed by atoms with E-state index in [9.17, 15) is 0 Å². The van der Waals surface area contributed by atoms with Crippen LogP contribution < -0.4 is 10.6 Å². The van der Waals surface area contributed by atoms with Gasteiger partial charge in [-0.05, 0) is 51.0 Å². The number of aromatic nitrogens is 3. The van der Waals surface area contributed by atoms with Crippen LogP contribution in [-0.2, 0) is 13.0 Å². The van der Waals surface area contributed by atoms with Crippen LogP contribution in [0.25, 0.3) is 5.69 Å². The Morgan fingerprint density at radius 1 is 1.18 bits per heavy atom. The molecule has 28 heavy (non-hydrogen) atoms. The molecule has 6 nitrogen and oxygen atoms in total. The quantitative estimate of drug-likeness (QED) is 0.288. The second-order valence-electron chi connectivity index (χ2n) is 6.24. The van der Waals surface area contributed by atoms with Crippen molar-refractivity contribution in [3.63, 3.8) is 0 Å². The molecule has 1 aromatic carbocycles. The number of thiazole rings is 1. The second-order valence-corrected chi connectivity index (χ2v) is 7.53. The van der Waals surface area contributed by atoms with Crippen LogP contribution in [0, 0.1) is 13.8 Å². The lowest BCUT2D eigenvalue weighted by Crippen LogP contribution is -2.38. The monoisotopic (exact) mass is 510 g/mol. The SMILES string of the molecule is CCNC(=NCc1nc(C)c(C)s1)NCCc1ccc(-n2cccn2)cc1.I. The van der Waals surface area contributed by atoms with Crippen molar-refractivity contribution in [2.45, 2.75) is 33.7 Å². The number of benzene rings is 1. The molecule has 0 aliphatic heterocycles. The Bertz CT molecular complexity index is 851. The van der Waals surface area contributed by atoms with Gasteiger partial charge in [-0.2, -0.15) is 5.10 Å². The summed E-state index contributed by atoms with van der Waals surface area (Å²) in [5.41, 5.74) is 3.45. The highest BCUT2D eigenvalue weighted by Crippen LogP contribution is 2.16. The van der Waals surface area contributed by atoms with Crippen molar-refractivity contribution < 1.29 is 0 Å². The van der Waals surface area contributed by atoms with Gasteiger partial charge in [0.05, 0.1) is 17.9 Å². The van der Waals surface area contributed by atoms with Crippen molar-refractivity contribution in [1.82, 2.24) is 25.4 Å². The van der Waals surface area contributed by atoms with Gasteiger partial charge >= 0.3 is 0 Å². The van der Waals surface area contributed by atoms with E-state index in [1.54, 1.807) is 17.5 Å². The van der Waals surface area contributed by atoms with Crippen molar-refractivity contribution >= 4 is 41.3 Å². The third kappa shape index (κ3) is 6.30. The van der Waals surface area contributed by atoms with Crippen LogP contribution in [0.3, 0.4) is 0 Å². The van der Waals surface area contributed by atoms with Crippen molar-refractivity contribution in [3.05, 3.63) is 63.9 Å². The average Bonchev–Trinajstić information content (AvgIpc) is 3.31. The topological polar surface area (TPSA) is 67.1 Å². The van der Waals surface area contributed by atoms with Gasteiger partial charge < -0.3 is 10.6 Å². The van der Waals surface area contributed by atoms with E-state index >= 15 is 0 Å². The molecule has 0 saturated heterocycles. The smallest absolute Gasteiger partial charge is 0.191 e. The van der Waals surface area contributed by atoms with Gasteiger partial charge in [-0.3, -0.25) is 0 Å².